The summed E-state index contributed by atoms with van der Waals surface area (Å²) in [7, 11) is -4.17. The molecule has 1 aliphatic rings. The van der Waals surface area contributed by atoms with E-state index < -0.39 is 63.3 Å². The van der Waals surface area contributed by atoms with E-state index in [2.05, 4.69) is 26.6 Å². The lowest BCUT2D eigenvalue weighted by Gasteiger charge is -2.28. The predicted molar refractivity (Wildman–Crippen MR) is 158 cm³/mol. The second-order valence-corrected chi connectivity index (χ2v) is 14.5. The molecule has 0 aliphatic carbocycles. The van der Waals surface area contributed by atoms with Gasteiger partial charge in [0, 0.05) is 21.1 Å². The van der Waals surface area contributed by atoms with Gasteiger partial charge in [-0.2, -0.15) is 13.2 Å². The molecule has 2 N–H and O–H groups in total. The quantitative estimate of drug-likeness (QED) is 0.326. The van der Waals surface area contributed by atoms with Crippen LogP contribution in [0, 0.1) is 5.92 Å². The molecule has 0 bridgehead atoms. The van der Waals surface area contributed by atoms with Gasteiger partial charge in [0.25, 0.3) is 5.91 Å². The molecule has 1 aliphatic heterocycles. The third-order valence-electron chi connectivity index (χ3n) is 6.68. The lowest BCUT2D eigenvalue weighted by atomic mass is 9.90. The fourth-order valence-corrected chi connectivity index (χ4v) is 6.50. The van der Waals surface area contributed by atoms with E-state index in [1.165, 1.54) is 19.1 Å². The van der Waals surface area contributed by atoms with Crippen molar-refractivity contribution in [3.8, 4) is 0 Å². The van der Waals surface area contributed by atoms with Crippen LogP contribution in [0.3, 0.4) is 0 Å². The number of hydrogen-bond donors (Lipinski definition) is 2. The van der Waals surface area contributed by atoms with Crippen LogP contribution in [0.1, 0.15) is 61.2 Å². The molecule has 14 heteroatoms. The van der Waals surface area contributed by atoms with Crippen LogP contribution in [0.2, 0.25) is 5.02 Å². The van der Waals surface area contributed by atoms with E-state index >= 15 is 0 Å². The maximum absolute atomic E-state index is 14.5. The highest BCUT2D eigenvalue weighted by molar-refractivity contribution is 9.10. The smallest absolute Gasteiger partial charge is 0.416 e. The van der Waals surface area contributed by atoms with E-state index in [0.717, 1.165) is 0 Å². The zero-order valence-corrected chi connectivity index (χ0v) is 26.8. The van der Waals surface area contributed by atoms with E-state index in [9.17, 15) is 31.2 Å². The standard InChI is InChI=1S/C28H34BrClF3N3O5S/c1-5-42(39,40)36(16-17-7-6-8-20(30)11-17)25(37)19-12-22(28(31,32)33)21(23(29)13-19)14-24(18-9-10-34-15-18)35-26(38)41-27(2,3)4/h6-8,11-13,18,24,34H,5,9-10,14-16H2,1-4H3,(H,35,38)/t18?,24-/m0/s1. The number of sulfonamides is 1. The Morgan fingerprint density at radius 2 is 1.90 bits per heavy atom. The molecule has 2 amide bonds. The van der Waals surface area contributed by atoms with Crippen molar-refractivity contribution in [1.82, 2.24) is 14.9 Å². The lowest BCUT2D eigenvalue weighted by molar-refractivity contribution is -0.138. The number of alkyl carbamates (subject to hydrolysis) is 1. The number of rotatable bonds is 9. The molecule has 1 unspecified atom stereocenters. The molecule has 0 spiro atoms. The number of nitrogens with zero attached hydrogens (tertiary/aromatic N) is 1. The first kappa shape index (κ1) is 34.1. The summed E-state index contributed by atoms with van der Waals surface area (Å²) in [4.78, 5) is 26.1. The minimum absolute atomic E-state index is 0.0424. The molecule has 2 atom stereocenters. The molecule has 0 saturated carbocycles. The largest absolute Gasteiger partial charge is 0.444 e. The first-order chi connectivity index (χ1) is 19.4. The Balaban J connectivity index is 2.03. The molecule has 0 aromatic heterocycles. The van der Waals surface area contributed by atoms with Crippen LogP contribution >= 0.6 is 27.5 Å². The van der Waals surface area contributed by atoms with Gasteiger partial charge in [0.05, 0.1) is 17.9 Å². The molecule has 1 saturated heterocycles. The predicted octanol–water partition coefficient (Wildman–Crippen LogP) is 6.16. The Morgan fingerprint density at radius 3 is 2.45 bits per heavy atom. The van der Waals surface area contributed by atoms with Crippen molar-refractivity contribution in [1.29, 1.82) is 0 Å². The normalized spacial score (nSPS) is 16.6. The fourth-order valence-electron chi connectivity index (χ4n) is 4.65. The van der Waals surface area contributed by atoms with Gasteiger partial charge in [-0.15, -0.1) is 0 Å². The van der Waals surface area contributed by atoms with Crippen LogP contribution in [-0.2, 0) is 33.9 Å². The van der Waals surface area contributed by atoms with Crippen LogP contribution < -0.4 is 10.6 Å². The molecule has 3 rings (SSSR count). The number of halogens is 5. The highest BCUT2D eigenvalue weighted by atomic mass is 79.9. The van der Waals surface area contributed by atoms with Gasteiger partial charge < -0.3 is 15.4 Å². The third kappa shape index (κ3) is 9.08. The SMILES string of the molecule is CCS(=O)(=O)N(Cc1cccc(Cl)c1)C(=O)c1cc(Br)c(C[C@H](NC(=O)OC(C)(C)C)C2CCNC2)c(C(F)(F)F)c1. The number of hydrogen-bond acceptors (Lipinski definition) is 6. The average molecular weight is 697 g/mol. The molecular formula is C28H34BrClF3N3O5S. The second-order valence-electron chi connectivity index (χ2n) is 11.0. The second kappa shape index (κ2) is 13.5. The average Bonchev–Trinajstić information content (AvgIpc) is 3.40. The van der Waals surface area contributed by atoms with Gasteiger partial charge >= 0.3 is 12.3 Å². The number of amides is 2. The summed E-state index contributed by atoms with van der Waals surface area (Å²) >= 11 is 9.22. The van der Waals surface area contributed by atoms with E-state index in [1.54, 1.807) is 39.0 Å². The Bertz CT molecular complexity index is 1410. The molecule has 0 radical (unpaired) electrons. The molecule has 1 fully saturated rings. The first-order valence-electron chi connectivity index (χ1n) is 13.3. The van der Waals surface area contributed by atoms with E-state index in [4.69, 9.17) is 16.3 Å². The Labute approximate surface area is 257 Å². The minimum Gasteiger partial charge on any atom is -0.444 e. The molecule has 8 nitrogen and oxygen atoms in total. The maximum atomic E-state index is 14.5. The van der Waals surface area contributed by atoms with E-state index in [1.807, 2.05) is 0 Å². The van der Waals surface area contributed by atoms with Crippen LogP contribution in [0.25, 0.3) is 0 Å². The Morgan fingerprint density at radius 1 is 1.21 bits per heavy atom. The van der Waals surface area contributed by atoms with Gasteiger partial charge in [0.1, 0.15) is 5.60 Å². The van der Waals surface area contributed by atoms with Gasteiger partial charge in [-0.1, -0.05) is 39.7 Å². The van der Waals surface area contributed by atoms with Crippen molar-refractivity contribution >= 4 is 49.6 Å². The molecule has 1 heterocycles. The van der Waals surface area contributed by atoms with E-state index in [0.29, 0.717) is 40.5 Å². The number of carbonyl (C=O) groups is 2. The minimum atomic E-state index is -4.89. The van der Waals surface area contributed by atoms with Gasteiger partial charge in [-0.3, -0.25) is 4.79 Å². The van der Waals surface area contributed by atoms with Gasteiger partial charge in [-0.25, -0.2) is 17.5 Å². The van der Waals surface area contributed by atoms with Crippen LogP contribution in [-0.4, -0.2) is 55.2 Å². The third-order valence-corrected chi connectivity index (χ3v) is 9.32. The summed E-state index contributed by atoms with van der Waals surface area (Å²) in [6.07, 6.45) is -5.23. The highest BCUT2D eigenvalue weighted by Crippen LogP contribution is 2.38. The number of carbonyl (C=O) groups excluding carboxylic acids is 2. The summed E-state index contributed by atoms with van der Waals surface area (Å²) in [6, 6.07) is 7.32. The van der Waals surface area contributed by atoms with Crippen molar-refractivity contribution in [2.24, 2.45) is 5.92 Å². The molecule has 2 aromatic rings. The van der Waals surface area contributed by atoms with Gasteiger partial charge in [-0.05, 0) is 94.9 Å². The van der Waals surface area contributed by atoms with Crippen molar-refractivity contribution in [2.45, 2.75) is 64.9 Å². The highest BCUT2D eigenvalue weighted by Gasteiger charge is 2.39. The molecule has 2 aromatic carbocycles. The Kier molecular flexibility index (Phi) is 11.0. The summed E-state index contributed by atoms with van der Waals surface area (Å²) in [5, 5.41) is 6.20. The zero-order valence-electron chi connectivity index (χ0n) is 23.6. The monoisotopic (exact) mass is 695 g/mol. The van der Waals surface area contributed by atoms with Crippen LogP contribution in [0.15, 0.2) is 40.9 Å². The number of ether oxygens (including phenoxy) is 1. The summed E-state index contributed by atoms with van der Waals surface area (Å²) in [5.74, 6) is -1.73. The van der Waals surface area contributed by atoms with Crippen LogP contribution in [0.4, 0.5) is 18.0 Å². The molecular weight excluding hydrogens is 663 g/mol. The zero-order chi connectivity index (χ0) is 31.5. The Hall–Kier alpha value is -2.35. The lowest BCUT2D eigenvalue weighted by Crippen LogP contribution is -2.45. The van der Waals surface area contributed by atoms with Crippen LogP contribution in [0.5, 0.6) is 0 Å². The summed E-state index contributed by atoms with van der Waals surface area (Å²) in [5.41, 5.74) is -2.17. The topological polar surface area (TPSA) is 105 Å². The molecule has 42 heavy (non-hydrogen) atoms. The van der Waals surface area contributed by atoms with Gasteiger partial charge in [0.2, 0.25) is 10.0 Å². The summed E-state index contributed by atoms with van der Waals surface area (Å²) < 4.78 is 75.1. The van der Waals surface area contributed by atoms with Crippen molar-refractivity contribution in [2.75, 3.05) is 18.8 Å². The first-order valence-corrected chi connectivity index (χ1v) is 16.1. The summed E-state index contributed by atoms with van der Waals surface area (Å²) in [6.45, 7) is 7.11. The maximum Gasteiger partial charge on any atom is 0.416 e. The number of benzene rings is 2. The van der Waals surface area contributed by atoms with Gasteiger partial charge in [0.15, 0.2) is 0 Å². The van der Waals surface area contributed by atoms with E-state index in [-0.39, 0.29) is 22.4 Å². The number of nitrogens with one attached hydrogen (secondary N) is 2. The van der Waals surface area contributed by atoms with Crippen molar-refractivity contribution < 1.29 is 35.9 Å². The molecule has 232 valence electrons. The van der Waals surface area contributed by atoms with Crippen molar-refractivity contribution in [3.05, 3.63) is 68.1 Å². The number of alkyl halides is 3. The van der Waals surface area contributed by atoms with Crippen molar-refractivity contribution in [3.63, 3.8) is 0 Å². The fraction of sp³-hybridized carbons (Fsp3) is 0.500.